The maximum Gasteiger partial charge on any atom is 2.00 e. The zero-order valence-electron chi connectivity index (χ0n) is 24.8. The second-order valence-corrected chi connectivity index (χ2v) is 17.6. The van der Waals surface area contributed by atoms with E-state index in [0.717, 1.165) is 80.0 Å². The minimum absolute atomic E-state index is 0. The van der Waals surface area contributed by atoms with E-state index in [1.807, 2.05) is 77.5 Å². The summed E-state index contributed by atoms with van der Waals surface area (Å²) in [6.07, 6.45) is 11.9. The van der Waals surface area contributed by atoms with Crippen molar-refractivity contribution in [3.05, 3.63) is 102 Å². The van der Waals surface area contributed by atoms with Gasteiger partial charge in [0.15, 0.2) is 0 Å². The van der Waals surface area contributed by atoms with Gasteiger partial charge in [-0.25, -0.2) is 15.0 Å². The maximum absolute atomic E-state index is 6.10. The number of nitrogens with zero attached hydrogens (tertiary/aromatic N) is 6. The SMILES string of the molecule is C[Si](C)(C)CCOCn1ccnc1-c1c2ccc(cc3nc(c(-c4ccccc4)c4nc(cc5ccc1[n-]5)C=C4)C=C3)[n-]2.[Pd+2]. The van der Waals surface area contributed by atoms with Crippen molar-refractivity contribution < 1.29 is 25.2 Å². The summed E-state index contributed by atoms with van der Waals surface area (Å²) in [5.74, 6) is 0.771. The van der Waals surface area contributed by atoms with Gasteiger partial charge < -0.3 is 19.3 Å². The number of ether oxygens (including phenoxy) is 1. The quantitative estimate of drug-likeness (QED) is 0.126. The van der Waals surface area contributed by atoms with E-state index >= 15 is 0 Å². The summed E-state index contributed by atoms with van der Waals surface area (Å²) in [6.45, 7) is 8.23. The Bertz CT molecular complexity index is 1940. The Morgan fingerprint density at radius 2 is 1.36 bits per heavy atom. The van der Waals surface area contributed by atoms with Crippen LogP contribution in [0, 0.1) is 0 Å². The summed E-state index contributed by atoms with van der Waals surface area (Å²) in [5.41, 5.74) is 9.59. The van der Waals surface area contributed by atoms with Crippen LogP contribution in [0.1, 0.15) is 22.8 Å². The van der Waals surface area contributed by atoms with Crippen LogP contribution >= 0.6 is 0 Å². The van der Waals surface area contributed by atoms with Gasteiger partial charge in [-0.05, 0) is 41.5 Å². The van der Waals surface area contributed by atoms with Crippen LogP contribution in [0.25, 0.3) is 68.9 Å². The first-order valence-electron chi connectivity index (χ1n) is 14.5. The van der Waals surface area contributed by atoms with Crippen molar-refractivity contribution in [2.45, 2.75) is 32.4 Å². The average Bonchev–Trinajstić information content (AvgIpc) is 3.82. The van der Waals surface area contributed by atoms with Crippen molar-refractivity contribution in [3.63, 3.8) is 0 Å². The van der Waals surface area contributed by atoms with Gasteiger partial charge >= 0.3 is 20.4 Å². The van der Waals surface area contributed by atoms with Crippen LogP contribution in [0.15, 0.2) is 79.1 Å². The second kappa shape index (κ2) is 12.5. The first-order chi connectivity index (χ1) is 20.9. The summed E-state index contributed by atoms with van der Waals surface area (Å²) in [5, 5.41) is 0. The molecule has 0 unspecified atom stereocenters. The van der Waals surface area contributed by atoms with Gasteiger partial charge in [0, 0.05) is 32.6 Å². The Labute approximate surface area is 271 Å². The van der Waals surface area contributed by atoms with Crippen LogP contribution in [-0.2, 0) is 31.9 Å². The minimum atomic E-state index is -1.18. The summed E-state index contributed by atoms with van der Waals surface area (Å²) in [4.78, 5) is 24.7. The minimum Gasteiger partial charge on any atom is -0.657 e. The number of fused-ring (bicyclic) bond motifs is 8. The Kier molecular flexibility index (Phi) is 8.48. The molecule has 0 saturated carbocycles. The van der Waals surface area contributed by atoms with E-state index in [0.29, 0.717) is 6.73 Å². The van der Waals surface area contributed by atoms with Gasteiger partial charge in [-0.3, -0.25) is 0 Å². The van der Waals surface area contributed by atoms with Crippen LogP contribution in [0.2, 0.25) is 25.7 Å². The topological polar surface area (TPSA) is 81.0 Å². The monoisotopic (exact) mass is 686 g/mol. The van der Waals surface area contributed by atoms with Gasteiger partial charge in [-0.1, -0.05) is 86.4 Å². The molecular formula is C35H32N6OPdSi. The van der Waals surface area contributed by atoms with E-state index in [1.165, 1.54) is 0 Å². The molecule has 8 bridgehead atoms. The van der Waals surface area contributed by atoms with Crippen LogP contribution < -0.4 is 9.97 Å². The molecule has 44 heavy (non-hydrogen) atoms. The van der Waals surface area contributed by atoms with Gasteiger partial charge in [0.25, 0.3) is 0 Å². The summed E-state index contributed by atoms with van der Waals surface area (Å²) < 4.78 is 8.13. The fourth-order valence-electron chi connectivity index (χ4n) is 5.27. The third kappa shape index (κ3) is 6.37. The fourth-order valence-corrected chi connectivity index (χ4v) is 6.02. The largest absolute Gasteiger partial charge is 2.00 e. The molecule has 0 amide bonds. The van der Waals surface area contributed by atoms with Gasteiger partial charge in [0.2, 0.25) is 0 Å². The van der Waals surface area contributed by atoms with Crippen molar-refractivity contribution in [3.8, 4) is 22.5 Å². The van der Waals surface area contributed by atoms with Crippen LogP contribution in [0.4, 0.5) is 0 Å². The Morgan fingerprint density at radius 3 is 1.95 bits per heavy atom. The number of hydrogen-bond donors (Lipinski definition) is 0. The molecule has 5 aromatic rings. The number of hydrogen-bond acceptors (Lipinski definition) is 4. The van der Waals surface area contributed by atoms with Gasteiger partial charge in [0.05, 0.1) is 22.8 Å². The molecule has 0 atom stereocenters. The van der Waals surface area contributed by atoms with Crippen molar-refractivity contribution in [1.82, 2.24) is 29.5 Å². The first-order valence-corrected chi connectivity index (χ1v) is 18.2. The summed E-state index contributed by atoms with van der Waals surface area (Å²) in [7, 11) is -1.18. The average molecular weight is 687 g/mol. The summed E-state index contributed by atoms with van der Waals surface area (Å²) >= 11 is 0. The predicted molar refractivity (Wildman–Crippen MR) is 178 cm³/mol. The molecule has 4 aromatic heterocycles. The Balaban J connectivity index is 0.00000343. The number of rotatable bonds is 7. The Morgan fingerprint density at radius 1 is 0.750 bits per heavy atom. The molecule has 6 heterocycles. The standard InChI is InChI=1S/C35H32N6OSi.Pd/c1-43(2,3)20-19-42-23-41-18-17-36-35(41)34-31-15-11-27(39-31)21-25-9-13-29(37-25)33(24-7-5-4-6-8-24)30-14-10-26(38-30)22-28-12-16-32(34)40-28;/h4-18,21-22H,19-20,23H2,1-3H3;/q-2;+2. The predicted octanol–water partition coefficient (Wildman–Crippen LogP) is 7.75. The molecule has 0 fully saturated rings. The van der Waals surface area contributed by atoms with E-state index < -0.39 is 8.07 Å². The molecule has 0 aliphatic carbocycles. The molecule has 222 valence electrons. The molecule has 0 radical (unpaired) electrons. The molecule has 7 rings (SSSR count). The molecule has 7 nitrogen and oxygen atoms in total. The molecule has 2 aliphatic rings. The van der Waals surface area contributed by atoms with Gasteiger partial charge in [0.1, 0.15) is 12.6 Å². The van der Waals surface area contributed by atoms with Crippen molar-refractivity contribution in [2.75, 3.05) is 6.61 Å². The molecule has 1 aromatic carbocycles. The maximum atomic E-state index is 6.10. The zero-order valence-corrected chi connectivity index (χ0v) is 27.4. The summed E-state index contributed by atoms with van der Waals surface area (Å²) in [6, 6.07) is 23.5. The molecule has 0 spiro atoms. The van der Waals surface area contributed by atoms with Crippen molar-refractivity contribution in [1.29, 1.82) is 0 Å². The van der Waals surface area contributed by atoms with Crippen LogP contribution in [-0.4, -0.2) is 34.2 Å². The second-order valence-electron chi connectivity index (χ2n) is 12.0. The van der Waals surface area contributed by atoms with Crippen LogP contribution in [0.3, 0.4) is 0 Å². The molecule has 9 heteroatoms. The molecular weight excluding hydrogens is 655 g/mol. The first kappa shape index (κ1) is 29.9. The van der Waals surface area contributed by atoms with Crippen molar-refractivity contribution >= 4 is 54.4 Å². The van der Waals surface area contributed by atoms with E-state index in [1.54, 1.807) is 6.20 Å². The smallest absolute Gasteiger partial charge is 0.657 e. The van der Waals surface area contributed by atoms with Gasteiger partial charge in [-0.2, -0.15) is 0 Å². The number of imidazole rings is 1. The van der Waals surface area contributed by atoms with E-state index in [9.17, 15) is 0 Å². The van der Waals surface area contributed by atoms with E-state index in [-0.39, 0.29) is 20.4 Å². The Hall–Kier alpha value is -4.13. The van der Waals surface area contributed by atoms with E-state index in [2.05, 4.69) is 43.9 Å². The van der Waals surface area contributed by atoms with E-state index in [4.69, 9.17) is 29.7 Å². The van der Waals surface area contributed by atoms with Crippen LogP contribution in [0.5, 0.6) is 0 Å². The van der Waals surface area contributed by atoms with Crippen molar-refractivity contribution in [2.24, 2.45) is 0 Å². The van der Waals surface area contributed by atoms with Gasteiger partial charge in [-0.15, -0.1) is 22.1 Å². The third-order valence-corrected chi connectivity index (χ3v) is 9.19. The molecule has 0 saturated heterocycles. The zero-order chi connectivity index (χ0) is 29.4. The number of benzene rings is 1. The molecule has 0 N–H and O–H groups in total. The normalized spacial score (nSPS) is 12.4. The fraction of sp³-hybridized carbons (Fsp3) is 0.171. The number of aromatic nitrogens is 6. The third-order valence-electron chi connectivity index (χ3n) is 7.49. The molecule has 2 aliphatic heterocycles.